The molecule has 16 heavy (non-hydrogen) atoms. The molecule has 1 aromatic rings. The lowest BCUT2D eigenvalue weighted by Gasteiger charge is -2.13. The van der Waals surface area contributed by atoms with Crippen LogP contribution in [0.5, 0.6) is 0 Å². The van der Waals surface area contributed by atoms with E-state index in [0.717, 1.165) is 17.8 Å². The number of rotatable bonds is 5. The molecule has 0 spiro atoms. The molecule has 0 heterocycles. The van der Waals surface area contributed by atoms with E-state index in [1.807, 2.05) is 31.3 Å². The summed E-state index contributed by atoms with van der Waals surface area (Å²) in [6.07, 6.45) is -0.442. The lowest BCUT2D eigenvalue weighted by Crippen LogP contribution is -2.27. The van der Waals surface area contributed by atoms with Crippen LogP contribution < -0.4 is 10.6 Å². The van der Waals surface area contributed by atoms with Crippen LogP contribution in [-0.4, -0.2) is 26.2 Å². The molecule has 88 valence electrons. The first kappa shape index (κ1) is 12.7. The Balaban J connectivity index is 2.76. The average molecular weight is 222 g/mol. The van der Waals surface area contributed by atoms with Gasteiger partial charge in [-0.1, -0.05) is 18.2 Å². The molecule has 0 saturated heterocycles. The lowest BCUT2D eigenvalue weighted by molar-refractivity contribution is -0.124. The second-order valence-corrected chi connectivity index (χ2v) is 3.55. The van der Waals surface area contributed by atoms with E-state index in [0.29, 0.717) is 0 Å². The summed E-state index contributed by atoms with van der Waals surface area (Å²) in [7, 11) is 3.39. The molecular weight excluding hydrogens is 204 g/mol. The molecule has 1 unspecified atom stereocenters. The summed E-state index contributed by atoms with van der Waals surface area (Å²) in [6, 6.07) is 7.70. The van der Waals surface area contributed by atoms with Gasteiger partial charge >= 0.3 is 0 Å². The first-order valence-electron chi connectivity index (χ1n) is 5.25. The van der Waals surface area contributed by atoms with Crippen molar-refractivity contribution >= 4 is 11.6 Å². The molecule has 0 bridgehead atoms. The van der Waals surface area contributed by atoms with Crippen LogP contribution in [0.3, 0.4) is 0 Å². The monoisotopic (exact) mass is 222 g/mol. The summed E-state index contributed by atoms with van der Waals surface area (Å²) < 4.78 is 4.96. The predicted octanol–water partition coefficient (Wildman–Crippen LogP) is 1.38. The highest BCUT2D eigenvalue weighted by atomic mass is 16.5. The number of nitrogens with one attached hydrogen (secondary N) is 2. The molecular formula is C12H18N2O2. The molecule has 0 aliphatic rings. The maximum atomic E-state index is 11.6. The van der Waals surface area contributed by atoms with Crippen molar-refractivity contribution in [2.45, 2.75) is 19.6 Å². The summed E-state index contributed by atoms with van der Waals surface area (Å²) in [5.74, 6) is -0.133. The van der Waals surface area contributed by atoms with Crippen molar-refractivity contribution in [1.29, 1.82) is 0 Å². The fraction of sp³-hybridized carbons (Fsp3) is 0.417. The maximum Gasteiger partial charge on any atom is 0.253 e. The van der Waals surface area contributed by atoms with Crippen LogP contribution in [0.15, 0.2) is 24.3 Å². The number of carbonyl (C=O) groups excluding carboxylic acids is 1. The Morgan fingerprint density at radius 2 is 2.12 bits per heavy atom. The van der Waals surface area contributed by atoms with E-state index >= 15 is 0 Å². The number of hydrogen-bond donors (Lipinski definition) is 2. The van der Waals surface area contributed by atoms with Gasteiger partial charge in [0.2, 0.25) is 0 Å². The second kappa shape index (κ2) is 6.25. The van der Waals surface area contributed by atoms with Crippen LogP contribution in [-0.2, 0) is 16.1 Å². The van der Waals surface area contributed by atoms with Gasteiger partial charge in [-0.3, -0.25) is 4.79 Å². The number of amides is 1. The first-order valence-corrected chi connectivity index (χ1v) is 5.25. The highest BCUT2D eigenvalue weighted by molar-refractivity contribution is 5.94. The minimum Gasteiger partial charge on any atom is -0.372 e. The normalized spacial score (nSPS) is 12.2. The van der Waals surface area contributed by atoms with Gasteiger partial charge in [-0.05, 0) is 25.6 Å². The van der Waals surface area contributed by atoms with Crippen LogP contribution in [0.2, 0.25) is 0 Å². The molecule has 0 radical (unpaired) electrons. The first-order chi connectivity index (χ1) is 7.69. The van der Waals surface area contributed by atoms with E-state index in [-0.39, 0.29) is 5.91 Å². The SMILES string of the molecule is CNCc1ccccc1NC(=O)C(C)OC. The Morgan fingerprint density at radius 3 is 2.75 bits per heavy atom. The van der Waals surface area contributed by atoms with Gasteiger partial charge in [-0.25, -0.2) is 0 Å². The summed E-state index contributed by atoms with van der Waals surface area (Å²) in [4.78, 5) is 11.6. The Hall–Kier alpha value is -1.39. The number of para-hydroxylation sites is 1. The van der Waals surface area contributed by atoms with Gasteiger partial charge in [0.15, 0.2) is 0 Å². The average Bonchev–Trinajstić information content (AvgIpc) is 2.31. The molecule has 1 rings (SSSR count). The number of methoxy groups -OCH3 is 1. The van der Waals surface area contributed by atoms with Gasteiger partial charge in [-0.2, -0.15) is 0 Å². The molecule has 0 aromatic heterocycles. The smallest absolute Gasteiger partial charge is 0.253 e. The van der Waals surface area contributed by atoms with Gasteiger partial charge in [0.25, 0.3) is 5.91 Å². The molecule has 0 fully saturated rings. The third kappa shape index (κ3) is 3.32. The number of carbonyl (C=O) groups is 1. The molecule has 0 aliphatic heterocycles. The summed E-state index contributed by atoms with van der Waals surface area (Å²) in [5.41, 5.74) is 1.88. The van der Waals surface area contributed by atoms with Gasteiger partial charge in [0.05, 0.1) is 0 Å². The Labute approximate surface area is 96.0 Å². The molecule has 0 saturated carbocycles. The minimum absolute atomic E-state index is 0.133. The second-order valence-electron chi connectivity index (χ2n) is 3.55. The standard InChI is InChI=1S/C12H18N2O2/c1-9(16-3)12(15)14-11-7-5-4-6-10(11)8-13-2/h4-7,9,13H,8H2,1-3H3,(H,14,15). The Morgan fingerprint density at radius 1 is 1.44 bits per heavy atom. The van der Waals surface area contributed by atoms with E-state index < -0.39 is 6.10 Å². The van der Waals surface area contributed by atoms with Crippen molar-refractivity contribution < 1.29 is 9.53 Å². The lowest BCUT2D eigenvalue weighted by atomic mass is 10.1. The zero-order valence-electron chi connectivity index (χ0n) is 9.91. The number of anilines is 1. The molecule has 4 nitrogen and oxygen atoms in total. The summed E-state index contributed by atoms with van der Waals surface area (Å²) >= 11 is 0. The third-order valence-electron chi connectivity index (χ3n) is 2.37. The van der Waals surface area contributed by atoms with Crippen LogP contribution in [0.4, 0.5) is 5.69 Å². The number of ether oxygens (including phenoxy) is 1. The minimum atomic E-state index is -0.442. The molecule has 1 atom stereocenters. The fourth-order valence-corrected chi connectivity index (χ4v) is 1.33. The Kier molecular flexibility index (Phi) is 4.95. The zero-order chi connectivity index (χ0) is 12.0. The van der Waals surface area contributed by atoms with Crippen molar-refractivity contribution in [1.82, 2.24) is 5.32 Å². The zero-order valence-corrected chi connectivity index (χ0v) is 9.91. The molecule has 0 aliphatic carbocycles. The highest BCUT2D eigenvalue weighted by Crippen LogP contribution is 2.15. The van der Waals surface area contributed by atoms with Crippen LogP contribution in [0.25, 0.3) is 0 Å². The van der Waals surface area contributed by atoms with Gasteiger partial charge < -0.3 is 15.4 Å². The third-order valence-corrected chi connectivity index (χ3v) is 2.37. The predicted molar refractivity (Wildman–Crippen MR) is 64.3 cm³/mol. The van der Waals surface area contributed by atoms with E-state index in [4.69, 9.17) is 4.74 Å². The van der Waals surface area contributed by atoms with E-state index in [1.165, 1.54) is 7.11 Å². The fourth-order valence-electron chi connectivity index (χ4n) is 1.33. The molecule has 1 aromatic carbocycles. The molecule has 1 amide bonds. The van der Waals surface area contributed by atoms with E-state index in [9.17, 15) is 4.79 Å². The van der Waals surface area contributed by atoms with Crippen molar-refractivity contribution in [3.05, 3.63) is 29.8 Å². The van der Waals surface area contributed by atoms with Crippen LogP contribution in [0, 0.1) is 0 Å². The molecule has 4 heteroatoms. The van der Waals surface area contributed by atoms with Gasteiger partial charge in [-0.15, -0.1) is 0 Å². The van der Waals surface area contributed by atoms with E-state index in [1.54, 1.807) is 6.92 Å². The van der Waals surface area contributed by atoms with Crippen LogP contribution in [0.1, 0.15) is 12.5 Å². The van der Waals surface area contributed by atoms with Crippen LogP contribution >= 0.6 is 0 Å². The summed E-state index contributed by atoms with van der Waals surface area (Å²) in [5, 5.41) is 5.90. The van der Waals surface area contributed by atoms with Crippen molar-refractivity contribution in [2.75, 3.05) is 19.5 Å². The van der Waals surface area contributed by atoms with Crippen molar-refractivity contribution in [2.24, 2.45) is 0 Å². The number of hydrogen-bond acceptors (Lipinski definition) is 3. The van der Waals surface area contributed by atoms with Crippen molar-refractivity contribution in [3.8, 4) is 0 Å². The maximum absolute atomic E-state index is 11.6. The summed E-state index contributed by atoms with van der Waals surface area (Å²) in [6.45, 7) is 2.44. The Bertz CT molecular complexity index is 353. The van der Waals surface area contributed by atoms with E-state index in [2.05, 4.69) is 10.6 Å². The van der Waals surface area contributed by atoms with Gasteiger partial charge in [0.1, 0.15) is 6.10 Å². The topological polar surface area (TPSA) is 50.4 Å². The number of benzene rings is 1. The molecule has 2 N–H and O–H groups in total. The quantitative estimate of drug-likeness (QED) is 0.791. The largest absolute Gasteiger partial charge is 0.372 e. The highest BCUT2D eigenvalue weighted by Gasteiger charge is 2.12. The van der Waals surface area contributed by atoms with Crippen molar-refractivity contribution in [3.63, 3.8) is 0 Å². The van der Waals surface area contributed by atoms with Gasteiger partial charge in [0, 0.05) is 19.3 Å².